The van der Waals surface area contributed by atoms with Gasteiger partial charge < -0.3 is 20.3 Å². The number of carbonyl (C=O) groups is 1. The van der Waals surface area contributed by atoms with Gasteiger partial charge in [0.25, 0.3) is 0 Å². The van der Waals surface area contributed by atoms with E-state index in [0.29, 0.717) is 25.6 Å². The van der Waals surface area contributed by atoms with Gasteiger partial charge in [-0.2, -0.15) is 0 Å². The van der Waals surface area contributed by atoms with Gasteiger partial charge in [0.15, 0.2) is 5.96 Å². The fourth-order valence-corrected chi connectivity index (χ4v) is 3.97. The highest BCUT2D eigenvalue weighted by Gasteiger charge is 2.25. The minimum Gasteiger partial charge on any atom is -0.370 e. The summed E-state index contributed by atoms with van der Waals surface area (Å²) < 4.78 is 6.00. The number of nitrogens with zero attached hydrogens (tertiary/aromatic N) is 2. The Morgan fingerprint density at radius 2 is 2.07 bits per heavy atom. The zero-order valence-corrected chi connectivity index (χ0v) is 16.5. The fraction of sp³-hybridized carbons (Fsp3) is 0.619. The Hall–Kier alpha value is -2.08. The minimum absolute atomic E-state index is 0.0455. The van der Waals surface area contributed by atoms with Crippen LogP contribution in [0.15, 0.2) is 29.3 Å². The first kappa shape index (κ1) is 19.7. The number of aryl methyl sites for hydroxylation is 1. The summed E-state index contributed by atoms with van der Waals surface area (Å²) in [4.78, 5) is 18.7. The molecule has 0 radical (unpaired) electrons. The molecule has 1 heterocycles. The van der Waals surface area contributed by atoms with E-state index in [1.54, 1.807) is 7.05 Å². The molecule has 0 bridgehead atoms. The number of carbonyl (C=O) groups excluding carboxylic acids is 1. The molecular weight excluding hydrogens is 340 g/mol. The van der Waals surface area contributed by atoms with E-state index in [9.17, 15) is 4.79 Å². The Labute approximate surface area is 162 Å². The summed E-state index contributed by atoms with van der Waals surface area (Å²) >= 11 is 0. The number of ether oxygens (including phenoxy) is 1. The summed E-state index contributed by atoms with van der Waals surface area (Å²) in [5.74, 6) is 0.968. The van der Waals surface area contributed by atoms with E-state index in [-0.39, 0.29) is 12.0 Å². The number of morpholine rings is 1. The molecule has 1 aromatic carbocycles. The van der Waals surface area contributed by atoms with E-state index in [0.717, 1.165) is 31.9 Å². The summed E-state index contributed by atoms with van der Waals surface area (Å²) in [6.45, 7) is 4.95. The average molecular weight is 373 g/mol. The quantitative estimate of drug-likeness (QED) is 0.615. The van der Waals surface area contributed by atoms with Gasteiger partial charge in [-0.15, -0.1) is 0 Å². The molecule has 6 heteroatoms. The van der Waals surface area contributed by atoms with E-state index in [1.807, 2.05) is 0 Å². The van der Waals surface area contributed by atoms with Crippen LogP contribution in [0.3, 0.4) is 0 Å². The minimum atomic E-state index is 0.0455. The van der Waals surface area contributed by atoms with Crippen molar-refractivity contribution >= 4 is 11.9 Å². The highest BCUT2D eigenvalue weighted by atomic mass is 16.5. The Kier molecular flexibility index (Phi) is 7.10. The number of rotatable bonds is 5. The van der Waals surface area contributed by atoms with Crippen LogP contribution in [0.25, 0.3) is 0 Å². The molecule has 1 aromatic rings. The smallest absolute Gasteiger partial charge is 0.221 e. The van der Waals surface area contributed by atoms with Gasteiger partial charge in [-0.3, -0.25) is 9.79 Å². The van der Waals surface area contributed by atoms with Crippen LogP contribution in [-0.2, 0) is 9.53 Å². The molecule has 148 valence electrons. The van der Waals surface area contributed by atoms with Crippen molar-refractivity contribution in [2.75, 3.05) is 33.3 Å². The number of amides is 1. The number of nitrogens with one attached hydrogen (secondary N) is 2. The lowest BCUT2D eigenvalue weighted by atomic mass is 10.0. The second kappa shape index (κ2) is 9.74. The zero-order valence-electron chi connectivity index (χ0n) is 16.5. The van der Waals surface area contributed by atoms with Crippen LogP contribution in [0.4, 0.5) is 0 Å². The molecule has 2 fully saturated rings. The zero-order chi connectivity index (χ0) is 19.1. The van der Waals surface area contributed by atoms with Crippen LogP contribution in [-0.4, -0.2) is 56.1 Å². The van der Waals surface area contributed by atoms with Crippen LogP contribution in [0.1, 0.15) is 49.3 Å². The molecule has 0 spiro atoms. The van der Waals surface area contributed by atoms with Gasteiger partial charge in [-0.25, -0.2) is 0 Å². The standard InChI is InChI=1S/C21H32N4O2/c1-16-7-3-6-10-18(16)19-15-25(13-14-27-19)21(22-2)23-12-11-20(26)24-17-8-4-5-9-17/h3,6-7,10,17,19H,4-5,8-9,11-15H2,1-2H3,(H,22,23)(H,24,26). The van der Waals surface area contributed by atoms with Crippen LogP contribution >= 0.6 is 0 Å². The molecule has 3 rings (SSSR count). The van der Waals surface area contributed by atoms with Crippen molar-refractivity contribution in [3.05, 3.63) is 35.4 Å². The van der Waals surface area contributed by atoms with E-state index in [4.69, 9.17) is 4.74 Å². The van der Waals surface area contributed by atoms with E-state index >= 15 is 0 Å². The Morgan fingerprint density at radius 1 is 1.30 bits per heavy atom. The summed E-state index contributed by atoms with van der Waals surface area (Å²) in [5.41, 5.74) is 2.48. The van der Waals surface area contributed by atoms with E-state index in [2.05, 4.69) is 51.7 Å². The van der Waals surface area contributed by atoms with Crippen LogP contribution in [0.5, 0.6) is 0 Å². The molecule has 1 aliphatic carbocycles. The Bertz CT molecular complexity index is 655. The molecule has 1 saturated carbocycles. The number of hydrogen-bond donors (Lipinski definition) is 2. The molecule has 1 amide bonds. The lowest BCUT2D eigenvalue weighted by Gasteiger charge is -2.35. The number of guanidine groups is 1. The van der Waals surface area contributed by atoms with Crippen LogP contribution in [0, 0.1) is 6.92 Å². The number of hydrogen-bond acceptors (Lipinski definition) is 3. The van der Waals surface area contributed by atoms with E-state index in [1.165, 1.54) is 24.0 Å². The highest BCUT2D eigenvalue weighted by molar-refractivity contribution is 5.81. The maximum absolute atomic E-state index is 12.1. The Morgan fingerprint density at radius 3 is 2.81 bits per heavy atom. The summed E-state index contributed by atoms with van der Waals surface area (Å²) in [6, 6.07) is 8.74. The molecular formula is C21H32N4O2. The van der Waals surface area contributed by atoms with Crippen molar-refractivity contribution in [2.24, 2.45) is 4.99 Å². The lowest BCUT2D eigenvalue weighted by Crippen LogP contribution is -2.49. The lowest BCUT2D eigenvalue weighted by molar-refractivity contribution is -0.121. The first-order valence-corrected chi connectivity index (χ1v) is 10.1. The van der Waals surface area contributed by atoms with Gasteiger partial charge in [-0.05, 0) is 30.9 Å². The molecule has 1 unspecified atom stereocenters. The average Bonchev–Trinajstić information content (AvgIpc) is 3.18. The predicted molar refractivity (Wildman–Crippen MR) is 108 cm³/mol. The third-order valence-electron chi connectivity index (χ3n) is 5.47. The van der Waals surface area contributed by atoms with Gasteiger partial charge in [0.2, 0.25) is 5.91 Å². The summed E-state index contributed by atoms with van der Waals surface area (Å²) in [5, 5.41) is 6.47. The molecule has 27 heavy (non-hydrogen) atoms. The second-order valence-corrected chi connectivity index (χ2v) is 7.43. The maximum Gasteiger partial charge on any atom is 0.221 e. The first-order chi connectivity index (χ1) is 13.2. The third kappa shape index (κ3) is 5.45. The number of benzene rings is 1. The normalized spacial score (nSPS) is 21.3. The van der Waals surface area contributed by atoms with Gasteiger partial charge in [0.05, 0.1) is 13.2 Å². The third-order valence-corrected chi connectivity index (χ3v) is 5.47. The molecule has 1 aliphatic heterocycles. The topological polar surface area (TPSA) is 66.0 Å². The van der Waals surface area contributed by atoms with Gasteiger partial charge >= 0.3 is 0 Å². The van der Waals surface area contributed by atoms with Crippen LogP contribution in [0.2, 0.25) is 0 Å². The molecule has 2 N–H and O–H groups in total. The van der Waals surface area contributed by atoms with Crippen molar-refractivity contribution < 1.29 is 9.53 Å². The molecule has 0 aromatic heterocycles. The van der Waals surface area contributed by atoms with Crippen molar-refractivity contribution in [2.45, 2.75) is 51.2 Å². The SMILES string of the molecule is CN=C(NCCC(=O)NC1CCCC1)N1CCOC(c2ccccc2C)C1. The van der Waals surface area contributed by atoms with Crippen molar-refractivity contribution in [3.8, 4) is 0 Å². The molecule has 1 atom stereocenters. The van der Waals surface area contributed by atoms with Gasteiger partial charge in [-0.1, -0.05) is 37.1 Å². The fourth-order valence-electron chi connectivity index (χ4n) is 3.97. The molecule has 2 aliphatic rings. The Balaban J connectivity index is 1.48. The second-order valence-electron chi connectivity index (χ2n) is 7.43. The molecule has 1 saturated heterocycles. The van der Waals surface area contributed by atoms with Crippen molar-refractivity contribution in [1.82, 2.24) is 15.5 Å². The highest BCUT2D eigenvalue weighted by Crippen LogP contribution is 2.25. The van der Waals surface area contributed by atoms with Crippen LogP contribution < -0.4 is 10.6 Å². The van der Waals surface area contributed by atoms with Gasteiger partial charge in [0.1, 0.15) is 6.10 Å². The molecule has 6 nitrogen and oxygen atoms in total. The largest absolute Gasteiger partial charge is 0.370 e. The van der Waals surface area contributed by atoms with E-state index < -0.39 is 0 Å². The predicted octanol–water partition coefficient (Wildman–Crippen LogP) is 2.39. The van der Waals surface area contributed by atoms with Gasteiger partial charge in [0, 0.05) is 32.6 Å². The summed E-state index contributed by atoms with van der Waals surface area (Å²) in [6.07, 6.45) is 5.22. The van der Waals surface area contributed by atoms with Crippen molar-refractivity contribution in [3.63, 3.8) is 0 Å². The monoisotopic (exact) mass is 372 g/mol. The summed E-state index contributed by atoms with van der Waals surface area (Å²) in [7, 11) is 1.79. The first-order valence-electron chi connectivity index (χ1n) is 10.1. The maximum atomic E-state index is 12.1. The van der Waals surface area contributed by atoms with Crippen molar-refractivity contribution in [1.29, 1.82) is 0 Å². The number of aliphatic imine (C=N–C) groups is 1.